The third-order valence-corrected chi connectivity index (χ3v) is 1.49. The molecule has 1 N–H and O–H groups in total. The summed E-state index contributed by atoms with van der Waals surface area (Å²) in [6, 6.07) is 1.84. The lowest BCUT2D eigenvalue weighted by molar-refractivity contribution is 0.0648. The molecule has 0 saturated carbocycles. The smallest absolute Gasteiger partial charge is 0.132 e. The van der Waals surface area contributed by atoms with Gasteiger partial charge in [-0.05, 0) is 45.6 Å². The largest absolute Gasteiger partial charge is 0.384 e. The molecule has 4 heteroatoms. The van der Waals surface area contributed by atoms with Crippen molar-refractivity contribution in [3.05, 3.63) is 0 Å². The van der Waals surface area contributed by atoms with E-state index in [1.54, 1.807) is 0 Å². The van der Waals surface area contributed by atoms with E-state index in [1.165, 1.54) is 0 Å². The first kappa shape index (κ1) is 11.1. The molecule has 0 aromatic carbocycles. The highest BCUT2D eigenvalue weighted by atomic mass is 16.6. The minimum absolute atomic E-state index is 0.0859. The molecule has 0 heterocycles. The average molecular weight is 171 g/mol. The van der Waals surface area contributed by atoms with E-state index in [9.17, 15) is 0 Å². The molecule has 0 bridgehead atoms. The molecule has 1 unspecified atom stereocenters. The van der Waals surface area contributed by atoms with Crippen LogP contribution in [0.3, 0.4) is 0 Å². The zero-order valence-electron chi connectivity index (χ0n) is 8.00. The van der Waals surface area contributed by atoms with Crippen LogP contribution in [0, 0.1) is 5.41 Å². The maximum absolute atomic E-state index is 6.49. The Morgan fingerprint density at radius 1 is 1.58 bits per heavy atom. The Balaban J connectivity index is 3.30. The Labute approximate surface area is 73.7 Å². The van der Waals surface area contributed by atoms with Crippen LogP contribution >= 0.6 is 0 Å². The van der Waals surface area contributed by atoms with Crippen LogP contribution in [0.2, 0.25) is 0 Å². The second-order valence-corrected chi connectivity index (χ2v) is 3.06. The maximum atomic E-state index is 6.49. The van der Waals surface area contributed by atoms with Crippen molar-refractivity contribution >= 4 is 6.01 Å². The van der Waals surface area contributed by atoms with Crippen LogP contribution in [-0.4, -0.2) is 37.7 Å². The fourth-order valence-electron chi connectivity index (χ4n) is 0.864. The van der Waals surface area contributed by atoms with Gasteiger partial charge >= 0.3 is 0 Å². The van der Waals surface area contributed by atoms with Gasteiger partial charge in [0.2, 0.25) is 0 Å². The predicted octanol–water partition coefficient (Wildman–Crippen LogP) is 1.40. The van der Waals surface area contributed by atoms with E-state index in [-0.39, 0.29) is 6.10 Å². The van der Waals surface area contributed by atoms with Gasteiger partial charge in [-0.2, -0.15) is 0 Å². The van der Waals surface area contributed by atoms with Crippen molar-refractivity contribution in [2.45, 2.75) is 25.9 Å². The fraction of sp³-hybridized carbons (Fsp3) is 0.875. The van der Waals surface area contributed by atoms with Crippen LogP contribution in [-0.2, 0) is 4.84 Å². The van der Waals surface area contributed by atoms with Crippen LogP contribution in [0.15, 0.2) is 5.16 Å². The maximum Gasteiger partial charge on any atom is 0.132 e. The highest BCUT2D eigenvalue weighted by Gasteiger charge is 2.01. The first-order valence-electron chi connectivity index (χ1n) is 4.09. The molecule has 12 heavy (non-hydrogen) atoms. The summed E-state index contributed by atoms with van der Waals surface area (Å²) in [5.41, 5.74) is 0. The van der Waals surface area contributed by atoms with Crippen molar-refractivity contribution in [2.24, 2.45) is 5.16 Å². The van der Waals surface area contributed by atoms with Gasteiger partial charge in [-0.25, -0.2) is 5.41 Å². The van der Waals surface area contributed by atoms with E-state index in [4.69, 9.17) is 10.2 Å². The first-order chi connectivity index (χ1) is 5.66. The molecule has 0 radical (unpaired) electrons. The van der Waals surface area contributed by atoms with Crippen molar-refractivity contribution in [2.75, 3.05) is 20.6 Å². The normalized spacial score (nSPS) is 12.3. The first-order valence-corrected chi connectivity index (χ1v) is 4.09. The molecule has 0 aliphatic carbocycles. The third kappa shape index (κ3) is 7.25. The van der Waals surface area contributed by atoms with Crippen molar-refractivity contribution in [3.63, 3.8) is 0 Å². The van der Waals surface area contributed by atoms with Crippen LogP contribution in [0.1, 0.15) is 19.8 Å². The number of rotatable bonds is 6. The minimum atomic E-state index is 0.0859. The van der Waals surface area contributed by atoms with E-state index >= 15 is 0 Å². The SMILES string of the molecule is CC(CCCN(C)C)ON=C=N. The minimum Gasteiger partial charge on any atom is -0.384 e. The summed E-state index contributed by atoms with van der Waals surface area (Å²) in [6.45, 7) is 3.00. The number of hydrogen-bond donors (Lipinski definition) is 1. The molecule has 0 rings (SSSR count). The molecule has 0 aliphatic heterocycles. The average Bonchev–Trinajstić information content (AvgIpc) is 2.00. The van der Waals surface area contributed by atoms with Gasteiger partial charge in [0.1, 0.15) is 12.1 Å². The monoisotopic (exact) mass is 171 g/mol. The van der Waals surface area contributed by atoms with Gasteiger partial charge in [0, 0.05) is 0 Å². The summed E-state index contributed by atoms with van der Waals surface area (Å²) >= 11 is 0. The van der Waals surface area contributed by atoms with Gasteiger partial charge in [-0.15, -0.1) is 0 Å². The lowest BCUT2D eigenvalue weighted by Crippen LogP contribution is -2.15. The predicted molar refractivity (Wildman–Crippen MR) is 48.5 cm³/mol. The summed E-state index contributed by atoms with van der Waals surface area (Å²) in [4.78, 5) is 7.01. The van der Waals surface area contributed by atoms with Gasteiger partial charge in [-0.3, -0.25) is 0 Å². The van der Waals surface area contributed by atoms with Gasteiger partial charge in [-0.1, -0.05) is 0 Å². The fourth-order valence-corrected chi connectivity index (χ4v) is 0.864. The van der Waals surface area contributed by atoms with Gasteiger partial charge in [0.15, 0.2) is 0 Å². The highest BCUT2D eigenvalue weighted by Crippen LogP contribution is 2.01. The van der Waals surface area contributed by atoms with E-state index in [0.29, 0.717) is 0 Å². The van der Waals surface area contributed by atoms with Gasteiger partial charge in [0.25, 0.3) is 0 Å². The van der Waals surface area contributed by atoms with E-state index in [1.807, 2.05) is 27.0 Å². The Bertz CT molecular complexity index is 152. The van der Waals surface area contributed by atoms with Crippen LogP contribution in [0.25, 0.3) is 0 Å². The number of hydrogen-bond acceptors (Lipinski definition) is 4. The quantitative estimate of drug-likeness (QED) is 0.485. The van der Waals surface area contributed by atoms with Crippen molar-refractivity contribution in [1.82, 2.24) is 4.90 Å². The highest BCUT2D eigenvalue weighted by molar-refractivity contribution is 5.34. The number of nitrogens with one attached hydrogen (secondary N) is 1. The van der Waals surface area contributed by atoms with E-state index in [0.717, 1.165) is 19.4 Å². The second-order valence-electron chi connectivity index (χ2n) is 3.06. The third-order valence-electron chi connectivity index (χ3n) is 1.49. The lowest BCUT2D eigenvalue weighted by atomic mass is 10.2. The van der Waals surface area contributed by atoms with Crippen molar-refractivity contribution < 1.29 is 4.84 Å². The zero-order chi connectivity index (χ0) is 9.40. The topological polar surface area (TPSA) is 48.7 Å². The van der Waals surface area contributed by atoms with E-state index < -0.39 is 0 Å². The van der Waals surface area contributed by atoms with Crippen LogP contribution in [0.5, 0.6) is 0 Å². The summed E-state index contributed by atoms with van der Waals surface area (Å²) in [5, 5.41) is 9.76. The molecule has 4 nitrogen and oxygen atoms in total. The summed E-state index contributed by atoms with van der Waals surface area (Å²) < 4.78 is 0. The Kier molecular flexibility index (Phi) is 6.34. The Morgan fingerprint density at radius 2 is 2.25 bits per heavy atom. The van der Waals surface area contributed by atoms with Crippen molar-refractivity contribution in [1.29, 1.82) is 5.41 Å². The molecular weight excluding hydrogens is 154 g/mol. The molecule has 0 aliphatic rings. The molecule has 0 fully saturated rings. The summed E-state index contributed by atoms with van der Waals surface area (Å²) in [5.74, 6) is 0. The van der Waals surface area contributed by atoms with Gasteiger partial charge < -0.3 is 9.74 Å². The molecule has 0 saturated heterocycles. The molecule has 0 amide bonds. The van der Waals surface area contributed by atoms with Crippen molar-refractivity contribution in [3.8, 4) is 0 Å². The molecule has 0 aromatic rings. The molecule has 0 spiro atoms. The standard InChI is InChI=1S/C8H17N3O/c1-8(12-10-7-9)5-4-6-11(2)3/h8-9H,4-6H2,1-3H3. The Hall–Kier alpha value is -0.860. The van der Waals surface area contributed by atoms with Crippen LogP contribution in [0.4, 0.5) is 0 Å². The molecular formula is C8H17N3O. The summed E-state index contributed by atoms with van der Waals surface area (Å²) in [6.07, 6.45) is 2.13. The molecule has 1 atom stereocenters. The molecule has 0 aromatic heterocycles. The number of nitrogens with zero attached hydrogens (tertiary/aromatic N) is 2. The van der Waals surface area contributed by atoms with E-state index in [2.05, 4.69) is 10.1 Å². The zero-order valence-corrected chi connectivity index (χ0v) is 8.00. The van der Waals surface area contributed by atoms with Crippen LogP contribution < -0.4 is 0 Å². The Morgan fingerprint density at radius 3 is 2.75 bits per heavy atom. The molecule has 70 valence electrons. The van der Waals surface area contributed by atoms with Gasteiger partial charge in [0.05, 0.1) is 0 Å². The second kappa shape index (κ2) is 6.83. The lowest BCUT2D eigenvalue weighted by Gasteiger charge is -2.11. The summed E-state index contributed by atoms with van der Waals surface area (Å²) in [7, 11) is 4.09.